The lowest BCUT2D eigenvalue weighted by Crippen LogP contribution is -2.16. The van der Waals surface area contributed by atoms with Crippen LogP contribution in [0.25, 0.3) is 5.57 Å². The van der Waals surface area contributed by atoms with E-state index >= 15 is 0 Å². The van der Waals surface area contributed by atoms with Gasteiger partial charge in [0.15, 0.2) is 0 Å². The van der Waals surface area contributed by atoms with E-state index in [0.717, 1.165) is 30.8 Å². The average Bonchev–Trinajstić information content (AvgIpc) is 3.43. The third kappa shape index (κ3) is 7.84. The van der Waals surface area contributed by atoms with Crippen LogP contribution in [0.4, 0.5) is 28.4 Å². The summed E-state index contributed by atoms with van der Waals surface area (Å²) in [5, 5.41) is 0. The molecule has 238 valence electrons. The van der Waals surface area contributed by atoms with Crippen molar-refractivity contribution in [2.45, 2.75) is 54.4 Å². The van der Waals surface area contributed by atoms with E-state index in [9.17, 15) is 0 Å². The Hall–Kier alpha value is -5.08. The number of fused-ring (bicyclic) bond motifs is 1. The quantitative estimate of drug-likeness (QED) is 0.144. The Morgan fingerprint density at radius 3 is 1.45 bits per heavy atom. The Bertz CT molecular complexity index is 1750. The van der Waals surface area contributed by atoms with Gasteiger partial charge in [0.2, 0.25) is 0 Å². The minimum Gasteiger partial charge on any atom is -0.338 e. The molecule has 1 aliphatic carbocycles. The molecule has 0 aromatic heterocycles. The van der Waals surface area contributed by atoms with E-state index in [4.69, 9.17) is 0 Å². The summed E-state index contributed by atoms with van der Waals surface area (Å²) in [5.41, 5.74) is 16.4. The van der Waals surface area contributed by atoms with Crippen LogP contribution in [0.3, 0.4) is 0 Å². The summed E-state index contributed by atoms with van der Waals surface area (Å²) in [5.74, 6) is 0. The molecule has 0 N–H and O–H groups in total. The molecule has 0 fully saturated rings. The van der Waals surface area contributed by atoms with Crippen LogP contribution in [0.2, 0.25) is 0 Å². The third-order valence-electron chi connectivity index (χ3n) is 8.66. The molecule has 0 heterocycles. The molecule has 5 aromatic carbocycles. The summed E-state index contributed by atoms with van der Waals surface area (Å²) in [6.45, 7) is 17.4. The van der Waals surface area contributed by atoms with Crippen LogP contribution in [-0.4, -0.2) is 6.54 Å². The zero-order valence-electron chi connectivity index (χ0n) is 28.9. The minimum atomic E-state index is 0.777. The van der Waals surface area contributed by atoms with Gasteiger partial charge in [-0.1, -0.05) is 114 Å². The van der Waals surface area contributed by atoms with Gasteiger partial charge in [-0.3, -0.25) is 0 Å². The molecule has 0 saturated heterocycles. The van der Waals surface area contributed by atoms with Crippen molar-refractivity contribution in [3.8, 4) is 0 Å². The third-order valence-corrected chi connectivity index (χ3v) is 8.66. The molecule has 0 bridgehead atoms. The second-order valence-corrected chi connectivity index (χ2v) is 12.2. The maximum absolute atomic E-state index is 4.09. The van der Waals surface area contributed by atoms with Gasteiger partial charge >= 0.3 is 0 Å². The fraction of sp³-hybridized carbons (Fsp3) is 0.200. The molecular formula is C45H48N2. The maximum Gasteiger partial charge on any atom is 0.0464 e. The minimum absolute atomic E-state index is 0.777. The smallest absolute Gasteiger partial charge is 0.0464 e. The Labute approximate surface area is 283 Å². The van der Waals surface area contributed by atoms with Crippen LogP contribution in [0, 0.1) is 27.7 Å². The lowest BCUT2D eigenvalue weighted by Gasteiger charge is -2.26. The second kappa shape index (κ2) is 15.5. The number of hydrogen-bond acceptors (Lipinski definition) is 2. The largest absolute Gasteiger partial charge is 0.338 e. The van der Waals surface area contributed by atoms with Crippen molar-refractivity contribution < 1.29 is 0 Å². The van der Waals surface area contributed by atoms with Crippen LogP contribution in [0.1, 0.15) is 53.6 Å². The summed E-state index contributed by atoms with van der Waals surface area (Å²) >= 11 is 0. The first-order chi connectivity index (χ1) is 22.9. The standard InChI is InChI=1S/C43H42N2.C2H6/c1-6-8-35-29-36-30-41(45(39-22-14-33(4)15-23-39)40-24-16-34(5)17-25-40)26-27-43(36)42(35)9-7-28-44(37-18-10-31(2)11-19-37)38-20-12-32(3)13-21-38;1-2/h6-7,9-27,30H,1,8,28-29H2,2-5H3;1-2H3/b9-7-;. The van der Waals surface area contributed by atoms with Crippen LogP contribution < -0.4 is 9.80 Å². The molecule has 47 heavy (non-hydrogen) atoms. The van der Waals surface area contributed by atoms with Crippen LogP contribution in [0.5, 0.6) is 0 Å². The molecule has 0 atom stereocenters. The summed E-state index contributed by atoms with van der Waals surface area (Å²) in [6.07, 6.45) is 8.49. The Morgan fingerprint density at radius 2 is 1.00 bits per heavy atom. The van der Waals surface area contributed by atoms with Crippen molar-refractivity contribution in [1.82, 2.24) is 0 Å². The van der Waals surface area contributed by atoms with Gasteiger partial charge in [-0.15, -0.1) is 6.58 Å². The summed E-state index contributed by atoms with van der Waals surface area (Å²) < 4.78 is 0. The van der Waals surface area contributed by atoms with Crippen molar-refractivity contribution in [2.75, 3.05) is 16.3 Å². The molecule has 0 unspecified atom stereocenters. The van der Waals surface area contributed by atoms with E-state index in [1.54, 1.807) is 0 Å². The molecule has 2 nitrogen and oxygen atoms in total. The number of benzene rings is 5. The first-order valence-electron chi connectivity index (χ1n) is 16.9. The summed E-state index contributed by atoms with van der Waals surface area (Å²) in [4.78, 5) is 4.74. The molecule has 0 aliphatic heterocycles. The molecule has 0 spiro atoms. The molecule has 0 radical (unpaired) electrons. The maximum atomic E-state index is 4.09. The number of allylic oxidation sites excluding steroid dienone is 4. The fourth-order valence-corrected chi connectivity index (χ4v) is 6.13. The number of nitrogens with zero attached hydrogens (tertiary/aromatic N) is 2. The van der Waals surface area contributed by atoms with Crippen molar-refractivity contribution in [2.24, 2.45) is 0 Å². The highest BCUT2D eigenvalue weighted by molar-refractivity contribution is 5.86. The van der Waals surface area contributed by atoms with Gasteiger partial charge in [0.05, 0.1) is 0 Å². The van der Waals surface area contributed by atoms with E-state index in [2.05, 4.69) is 171 Å². The van der Waals surface area contributed by atoms with Crippen LogP contribution in [0.15, 0.2) is 146 Å². The first-order valence-corrected chi connectivity index (χ1v) is 16.9. The molecule has 0 amide bonds. The van der Waals surface area contributed by atoms with Gasteiger partial charge in [-0.05, 0) is 118 Å². The Kier molecular flexibility index (Phi) is 11.0. The second-order valence-electron chi connectivity index (χ2n) is 12.2. The van der Waals surface area contributed by atoms with Crippen molar-refractivity contribution in [3.05, 3.63) is 179 Å². The van der Waals surface area contributed by atoms with Gasteiger partial charge < -0.3 is 9.80 Å². The molecule has 5 aromatic rings. The van der Waals surface area contributed by atoms with Crippen LogP contribution >= 0.6 is 0 Å². The molecule has 1 aliphatic rings. The van der Waals surface area contributed by atoms with Crippen molar-refractivity contribution in [3.63, 3.8) is 0 Å². The summed E-state index contributed by atoms with van der Waals surface area (Å²) in [7, 11) is 0. The van der Waals surface area contributed by atoms with Crippen molar-refractivity contribution >= 4 is 34.0 Å². The van der Waals surface area contributed by atoms with E-state index in [-0.39, 0.29) is 0 Å². The number of aryl methyl sites for hydroxylation is 4. The lowest BCUT2D eigenvalue weighted by molar-refractivity contribution is 1.09. The Balaban J connectivity index is 0.00000213. The average molecular weight is 617 g/mol. The SMILES string of the molecule is C=CCC1=C(/C=C\CN(c2ccc(C)cc2)c2ccc(C)cc2)c2ccc(N(c3ccc(C)cc3)c3ccc(C)cc3)cc2C1.CC. The van der Waals surface area contributed by atoms with Gasteiger partial charge in [-0.2, -0.15) is 0 Å². The van der Waals surface area contributed by atoms with Gasteiger partial charge in [-0.25, -0.2) is 0 Å². The van der Waals surface area contributed by atoms with E-state index in [1.165, 1.54) is 61.6 Å². The van der Waals surface area contributed by atoms with E-state index in [0.29, 0.717) is 0 Å². The number of anilines is 5. The molecule has 0 saturated carbocycles. The van der Waals surface area contributed by atoms with Gasteiger partial charge in [0.1, 0.15) is 0 Å². The highest BCUT2D eigenvalue weighted by Crippen LogP contribution is 2.41. The molecule has 6 rings (SSSR count). The first kappa shape index (κ1) is 33.3. The van der Waals surface area contributed by atoms with Gasteiger partial charge in [0, 0.05) is 35.0 Å². The van der Waals surface area contributed by atoms with E-state index in [1.807, 2.05) is 19.9 Å². The number of rotatable bonds is 10. The predicted octanol–water partition coefficient (Wildman–Crippen LogP) is 12.7. The topological polar surface area (TPSA) is 6.48 Å². The zero-order valence-corrected chi connectivity index (χ0v) is 28.9. The molecular weight excluding hydrogens is 569 g/mol. The van der Waals surface area contributed by atoms with Gasteiger partial charge in [0.25, 0.3) is 0 Å². The zero-order chi connectivity index (χ0) is 33.3. The fourth-order valence-electron chi connectivity index (χ4n) is 6.13. The van der Waals surface area contributed by atoms with Crippen LogP contribution in [-0.2, 0) is 6.42 Å². The monoisotopic (exact) mass is 616 g/mol. The number of hydrogen-bond donors (Lipinski definition) is 0. The van der Waals surface area contributed by atoms with E-state index < -0.39 is 0 Å². The van der Waals surface area contributed by atoms with Crippen molar-refractivity contribution in [1.29, 1.82) is 0 Å². The summed E-state index contributed by atoms with van der Waals surface area (Å²) in [6, 6.07) is 42.2. The highest BCUT2D eigenvalue weighted by atomic mass is 15.1. The predicted molar refractivity (Wildman–Crippen MR) is 206 cm³/mol. The normalized spacial score (nSPS) is 12.0. The Morgan fingerprint density at radius 1 is 0.574 bits per heavy atom. The highest BCUT2D eigenvalue weighted by Gasteiger charge is 2.22. The lowest BCUT2D eigenvalue weighted by atomic mass is 10.0. The molecule has 2 heteroatoms.